The van der Waals surface area contributed by atoms with Crippen LogP contribution in [-0.2, 0) is 37.4 Å². The summed E-state index contributed by atoms with van der Waals surface area (Å²) in [5.41, 5.74) is 0. The van der Waals surface area contributed by atoms with Gasteiger partial charge in [0, 0.05) is 12.8 Å². The molecule has 0 aromatic carbocycles. The van der Waals surface area contributed by atoms with E-state index in [0.717, 1.165) is 64.2 Å². The molecule has 340 valence electrons. The number of quaternary nitrogens is 1. The average Bonchev–Trinajstić information content (AvgIpc) is 3.94. The molecule has 10 nitrogen and oxygen atoms in total. The maximum Gasteiger partial charge on any atom is 0.306 e. The summed E-state index contributed by atoms with van der Waals surface area (Å²) in [6, 6.07) is 0. The van der Waals surface area contributed by atoms with Crippen LogP contribution in [0.3, 0.4) is 0 Å². The SMILES string of the molecule is CCCCC/C=C\C/C=C\CCCCCCCCCC(=O)O[C@H](COC(=O)CCC/C=C\CC1OC1C/C=C\C/C=C\CCCCC)COP(=O)([O-])OCC[N+](C)(C)C. The van der Waals surface area contributed by atoms with Gasteiger partial charge >= 0.3 is 11.9 Å². The van der Waals surface area contributed by atoms with E-state index in [1.165, 1.54) is 64.2 Å². The van der Waals surface area contributed by atoms with Crippen molar-refractivity contribution in [3.05, 3.63) is 60.8 Å². The molecule has 0 aromatic rings. The van der Waals surface area contributed by atoms with Gasteiger partial charge in [-0.25, -0.2) is 0 Å². The highest BCUT2D eigenvalue weighted by atomic mass is 31.2. The van der Waals surface area contributed by atoms with Gasteiger partial charge in [0.15, 0.2) is 6.10 Å². The third-order valence-electron chi connectivity index (χ3n) is 9.91. The van der Waals surface area contributed by atoms with Crippen molar-refractivity contribution in [2.45, 2.75) is 186 Å². The number of unbranched alkanes of at least 4 members (excludes halogenated alkanes) is 14. The number of epoxide rings is 1. The van der Waals surface area contributed by atoms with Gasteiger partial charge in [-0.1, -0.05) is 132 Å². The minimum absolute atomic E-state index is 0.0463. The number of phosphoric ester groups is 1. The lowest BCUT2D eigenvalue weighted by Gasteiger charge is -2.28. The maximum atomic E-state index is 12.7. The normalized spacial score (nSPS) is 17.5. The molecule has 1 aliphatic rings. The molecule has 0 aliphatic carbocycles. The smallest absolute Gasteiger partial charge is 0.306 e. The first-order valence-electron chi connectivity index (χ1n) is 23.1. The summed E-state index contributed by atoms with van der Waals surface area (Å²) in [6.45, 7) is 4.07. The Morgan fingerprint density at radius 3 is 1.66 bits per heavy atom. The number of carbonyl (C=O) groups is 2. The fraction of sp³-hybridized carbons (Fsp3) is 0.750. The van der Waals surface area contributed by atoms with Crippen LogP contribution in [0.2, 0.25) is 0 Å². The highest BCUT2D eigenvalue weighted by Crippen LogP contribution is 2.38. The van der Waals surface area contributed by atoms with Gasteiger partial charge < -0.3 is 32.6 Å². The van der Waals surface area contributed by atoms with Crippen molar-refractivity contribution in [1.29, 1.82) is 0 Å². The first-order chi connectivity index (χ1) is 28.5. The van der Waals surface area contributed by atoms with Gasteiger partial charge in [-0.2, -0.15) is 0 Å². The van der Waals surface area contributed by atoms with Crippen molar-refractivity contribution in [3.8, 4) is 0 Å². The Labute approximate surface area is 360 Å². The number of nitrogens with zero attached hydrogens (tertiary/aromatic N) is 1. The average molecular weight is 850 g/mol. The van der Waals surface area contributed by atoms with Gasteiger partial charge in [-0.3, -0.25) is 14.2 Å². The minimum Gasteiger partial charge on any atom is -0.756 e. The van der Waals surface area contributed by atoms with Gasteiger partial charge in [0.1, 0.15) is 19.8 Å². The highest BCUT2D eigenvalue weighted by Gasteiger charge is 2.36. The van der Waals surface area contributed by atoms with E-state index in [9.17, 15) is 19.0 Å². The quantitative estimate of drug-likeness (QED) is 0.0148. The van der Waals surface area contributed by atoms with Gasteiger partial charge in [-0.05, 0) is 83.5 Å². The molecule has 3 unspecified atom stereocenters. The maximum absolute atomic E-state index is 12.7. The topological polar surface area (TPSA) is 124 Å². The monoisotopic (exact) mass is 850 g/mol. The standard InChI is InChI=1S/C48H84NO9P/c1-6-8-10-12-14-16-17-18-19-20-21-22-23-25-27-29-35-39-48(51)57-44(43-56-59(52,53)55-41-40-49(3,4)5)42-54-47(50)38-34-31-30-33-37-46-45(58-46)36-32-28-26-24-15-13-11-9-7-2/h14-16,18-19,24,28,30,32-33,44-46H,6-13,17,20-23,25-27,29,31,34-43H2,1-5H3/b16-14-,19-18-,24-15-,32-28-,33-30-/t44-,45?,46?/m1/s1. The van der Waals surface area contributed by atoms with E-state index in [0.29, 0.717) is 23.9 Å². The van der Waals surface area contributed by atoms with E-state index in [-0.39, 0.29) is 38.3 Å². The predicted octanol–water partition coefficient (Wildman–Crippen LogP) is 11.6. The lowest BCUT2D eigenvalue weighted by molar-refractivity contribution is -0.870. The Morgan fingerprint density at radius 1 is 0.610 bits per heavy atom. The molecule has 0 amide bonds. The van der Waals surface area contributed by atoms with Crippen LogP contribution in [0.15, 0.2) is 60.8 Å². The van der Waals surface area contributed by atoms with E-state index in [1.807, 2.05) is 21.1 Å². The molecule has 1 rings (SSSR count). The van der Waals surface area contributed by atoms with Crippen LogP contribution in [0.4, 0.5) is 0 Å². The molecule has 1 saturated heterocycles. The van der Waals surface area contributed by atoms with E-state index in [1.54, 1.807) is 0 Å². The Bertz CT molecular complexity index is 1260. The number of likely N-dealkylation sites (N-methyl/N-ethyl adjacent to an activating group) is 1. The molecule has 0 spiro atoms. The van der Waals surface area contributed by atoms with Crippen LogP contribution in [0, 0.1) is 0 Å². The lowest BCUT2D eigenvalue weighted by Crippen LogP contribution is -2.37. The molecule has 59 heavy (non-hydrogen) atoms. The predicted molar refractivity (Wildman–Crippen MR) is 240 cm³/mol. The van der Waals surface area contributed by atoms with Crippen molar-refractivity contribution in [3.63, 3.8) is 0 Å². The number of esters is 2. The molecule has 0 radical (unpaired) electrons. The Balaban J connectivity index is 2.32. The molecular weight excluding hydrogens is 766 g/mol. The van der Waals surface area contributed by atoms with Crippen molar-refractivity contribution in [2.24, 2.45) is 0 Å². The summed E-state index contributed by atoms with van der Waals surface area (Å²) in [4.78, 5) is 37.6. The summed E-state index contributed by atoms with van der Waals surface area (Å²) < 4.78 is 39.7. The number of ether oxygens (including phenoxy) is 3. The van der Waals surface area contributed by atoms with Crippen LogP contribution in [0.5, 0.6) is 0 Å². The number of hydrogen-bond acceptors (Lipinski definition) is 9. The second-order valence-electron chi connectivity index (χ2n) is 16.8. The number of carbonyl (C=O) groups excluding carboxylic acids is 2. The molecule has 1 aliphatic heterocycles. The first kappa shape index (κ1) is 54.7. The van der Waals surface area contributed by atoms with Crippen molar-refractivity contribution >= 4 is 19.8 Å². The minimum atomic E-state index is -4.65. The molecule has 1 fully saturated rings. The Kier molecular flexibility index (Phi) is 33.7. The van der Waals surface area contributed by atoms with Gasteiger partial charge in [0.2, 0.25) is 0 Å². The summed E-state index contributed by atoms with van der Waals surface area (Å²) >= 11 is 0. The summed E-state index contributed by atoms with van der Waals surface area (Å²) in [6.07, 6.45) is 45.6. The largest absolute Gasteiger partial charge is 0.756 e. The second kappa shape index (κ2) is 36.3. The second-order valence-corrected chi connectivity index (χ2v) is 18.2. The van der Waals surface area contributed by atoms with Crippen molar-refractivity contribution in [2.75, 3.05) is 47.5 Å². The highest BCUT2D eigenvalue weighted by molar-refractivity contribution is 7.45. The van der Waals surface area contributed by atoms with Crippen LogP contribution in [0.25, 0.3) is 0 Å². The zero-order valence-corrected chi connectivity index (χ0v) is 38.8. The van der Waals surface area contributed by atoms with Crippen molar-refractivity contribution < 1.29 is 46.8 Å². The number of allylic oxidation sites excluding steroid dienone is 8. The number of phosphoric acid groups is 1. The van der Waals surface area contributed by atoms with Crippen molar-refractivity contribution in [1.82, 2.24) is 0 Å². The molecule has 4 atom stereocenters. The van der Waals surface area contributed by atoms with E-state index >= 15 is 0 Å². The van der Waals surface area contributed by atoms with E-state index in [4.69, 9.17) is 23.3 Å². The molecule has 0 aromatic heterocycles. The molecule has 0 N–H and O–H groups in total. The van der Waals surface area contributed by atoms with Crippen LogP contribution >= 0.6 is 7.82 Å². The fourth-order valence-electron chi connectivity index (χ4n) is 6.13. The molecule has 0 saturated carbocycles. The van der Waals surface area contributed by atoms with Crippen LogP contribution < -0.4 is 4.89 Å². The molecule has 11 heteroatoms. The molecular formula is C48H84NO9P. The van der Waals surface area contributed by atoms with Crippen LogP contribution in [-0.4, -0.2) is 82.2 Å². The summed E-state index contributed by atoms with van der Waals surface area (Å²) in [5, 5.41) is 0. The number of hydrogen-bond donors (Lipinski definition) is 0. The van der Waals surface area contributed by atoms with Gasteiger partial charge in [-0.15, -0.1) is 0 Å². The summed E-state index contributed by atoms with van der Waals surface area (Å²) in [7, 11) is 1.11. The fourth-order valence-corrected chi connectivity index (χ4v) is 6.86. The van der Waals surface area contributed by atoms with Gasteiger partial charge in [0.05, 0.1) is 40.0 Å². The Hall–Kier alpha value is -2.33. The first-order valence-corrected chi connectivity index (χ1v) is 24.6. The zero-order valence-electron chi connectivity index (χ0n) is 37.9. The summed E-state index contributed by atoms with van der Waals surface area (Å²) in [5.74, 6) is -0.921. The third-order valence-corrected chi connectivity index (χ3v) is 10.9. The van der Waals surface area contributed by atoms with Crippen LogP contribution in [0.1, 0.15) is 168 Å². The number of rotatable bonds is 40. The zero-order chi connectivity index (χ0) is 43.3. The lowest BCUT2D eigenvalue weighted by atomic mass is 10.1. The van der Waals surface area contributed by atoms with E-state index in [2.05, 4.69) is 74.6 Å². The molecule has 1 heterocycles. The molecule has 0 bridgehead atoms. The van der Waals surface area contributed by atoms with E-state index < -0.39 is 32.5 Å². The Morgan fingerprint density at radius 2 is 1.08 bits per heavy atom. The van der Waals surface area contributed by atoms with Gasteiger partial charge in [0.25, 0.3) is 7.82 Å². The third kappa shape index (κ3) is 37.2.